The Balaban J connectivity index is 3.19. The molecule has 0 bridgehead atoms. The van der Waals surface area contributed by atoms with Gasteiger partial charge in [0.15, 0.2) is 0 Å². The molecule has 13 heavy (non-hydrogen) atoms. The van der Waals surface area contributed by atoms with Gasteiger partial charge in [-0.25, -0.2) is 0 Å². The zero-order chi connectivity index (χ0) is 9.84. The molecule has 2 heteroatoms. The van der Waals surface area contributed by atoms with Crippen molar-refractivity contribution in [2.45, 2.75) is 20.3 Å². The van der Waals surface area contributed by atoms with Gasteiger partial charge in [-0.05, 0) is 42.7 Å². The van der Waals surface area contributed by atoms with Crippen LogP contribution in [0.2, 0.25) is 5.02 Å². The standard InChI is InChI=1S/C11H13ClO/c1-3-8(4-2)10-7-9(13)5-6-11(10)12/h3,5-7,13H,4H2,1-2H3. The topological polar surface area (TPSA) is 20.2 Å². The van der Waals surface area contributed by atoms with Crippen LogP contribution >= 0.6 is 11.6 Å². The molecular weight excluding hydrogens is 184 g/mol. The summed E-state index contributed by atoms with van der Waals surface area (Å²) in [6.45, 7) is 4.04. The number of halogens is 1. The second kappa shape index (κ2) is 4.33. The summed E-state index contributed by atoms with van der Waals surface area (Å²) in [5, 5.41) is 9.98. The highest BCUT2D eigenvalue weighted by molar-refractivity contribution is 6.32. The SMILES string of the molecule is CC=C(CC)c1cc(O)ccc1Cl. The predicted molar refractivity (Wildman–Crippen MR) is 57.1 cm³/mol. The number of phenolic OH excluding ortho intramolecular Hbond substituents is 1. The van der Waals surface area contributed by atoms with E-state index in [0.29, 0.717) is 5.02 Å². The van der Waals surface area contributed by atoms with E-state index in [1.54, 1.807) is 18.2 Å². The lowest BCUT2D eigenvalue weighted by Gasteiger charge is -2.06. The van der Waals surface area contributed by atoms with Gasteiger partial charge < -0.3 is 5.11 Å². The molecule has 0 atom stereocenters. The first-order valence-electron chi connectivity index (χ1n) is 4.33. The molecule has 0 unspecified atom stereocenters. The minimum Gasteiger partial charge on any atom is -0.508 e. The summed E-state index contributed by atoms with van der Waals surface area (Å²) < 4.78 is 0. The number of phenols is 1. The molecule has 0 amide bonds. The van der Waals surface area contributed by atoms with Crippen LogP contribution in [-0.2, 0) is 0 Å². The Morgan fingerprint density at radius 1 is 1.54 bits per heavy atom. The van der Waals surface area contributed by atoms with Gasteiger partial charge in [0.05, 0.1) is 0 Å². The van der Waals surface area contributed by atoms with E-state index in [-0.39, 0.29) is 5.75 Å². The third kappa shape index (κ3) is 2.25. The predicted octanol–water partition coefficient (Wildman–Crippen LogP) is 3.86. The largest absolute Gasteiger partial charge is 0.508 e. The number of allylic oxidation sites excluding steroid dienone is 2. The maximum absolute atomic E-state index is 9.29. The molecule has 1 aromatic rings. The van der Waals surface area contributed by atoms with Gasteiger partial charge in [0.1, 0.15) is 5.75 Å². The third-order valence-electron chi connectivity index (χ3n) is 2.03. The average Bonchev–Trinajstić information content (AvgIpc) is 2.13. The molecule has 0 radical (unpaired) electrons. The van der Waals surface area contributed by atoms with Crippen molar-refractivity contribution in [3.8, 4) is 5.75 Å². The number of aromatic hydroxyl groups is 1. The van der Waals surface area contributed by atoms with Gasteiger partial charge in [-0.15, -0.1) is 0 Å². The minimum absolute atomic E-state index is 0.257. The van der Waals surface area contributed by atoms with Gasteiger partial charge in [0.2, 0.25) is 0 Å². The van der Waals surface area contributed by atoms with E-state index < -0.39 is 0 Å². The lowest BCUT2D eigenvalue weighted by atomic mass is 10.0. The molecule has 0 aliphatic carbocycles. The molecule has 0 fully saturated rings. The molecule has 1 nitrogen and oxygen atoms in total. The van der Waals surface area contributed by atoms with E-state index in [4.69, 9.17) is 11.6 Å². The molecule has 0 aromatic heterocycles. The smallest absolute Gasteiger partial charge is 0.116 e. The van der Waals surface area contributed by atoms with Crippen LogP contribution in [0.1, 0.15) is 25.8 Å². The van der Waals surface area contributed by atoms with E-state index in [1.165, 1.54) is 0 Å². The van der Waals surface area contributed by atoms with Crippen molar-refractivity contribution in [1.82, 2.24) is 0 Å². The van der Waals surface area contributed by atoms with Crippen molar-refractivity contribution in [1.29, 1.82) is 0 Å². The second-order valence-corrected chi connectivity index (χ2v) is 3.24. The molecular formula is C11H13ClO. The minimum atomic E-state index is 0.257. The monoisotopic (exact) mass is 196 g/mol. The highest BCUT2D eigenvalue weighted by Gasteiger charge is 2.04. The number of hydrogen-bond acceptors (Lipinski definition) is 1. The van der Waals surface area contributed by atoms with E-state index >= 15 is 0 Å². The van der Waals surface area contributed by atoms with Crippen LogP contribution in [0.5, 0.6) is 5.75 Å². The Kier molecular flexibility index (Phi) is 3.38. The fourth-order valence-corrected chi connectivity index (χ4v) is 1.55. The maximum atomic E-state index is 9.29. The molecule has 0 spiro atoms. The van der Waals surface area contributed by atoms with E-state index in [9.17, 15) is 5.11 Å². The van der Waals surface area contributed by atoms with Crippen LogP contribution in [0.25, 0.3) is 5.57 Å². The van der Waals surface area contributed by atoms with Crippen molar-refractivity contribution < 1.29 is 5.11 Å². The first kappa shape index (κ1) is 10.1. The van der Waals surface area contributed by atoms with Crippen molar-refractivity contribution in [3.63, 3.8) is 0 Å². The Labute approximate surface area is 83.7 Å². The zero-order valence-electron chi connectivity index (χ0n) is 7.84. The lowest BCUT2D eigenvalue weighted by molar-refractivity contribution is 0.475. The van der Waals surface area contributed by atoms with Crippen molar-refractivity contribution in [3.05, 3.63) is 34.9 Å². The van der Waals surface area contributed by atoms with Gasteiger partial charge in [0, 0.05) is 5.02 Å². The fraction of sp³-hybridized carbons (Fsp3) is 0.273. The van der Waals surface area contributed by atoms with Crippen LogP contribution in [0.4, 0.5) is 0 Å². The maximum Gasteiger partial charge on any atom is 0.116 e. The molecule has 70 valence electrons. The van der Waals surface area contributed by atoms with Crippen LogP contribution in [0, 0.1) is 0 Å². The van der Waals surface area contributed by atoms with Gasteiger partial charge in [-0.3, -0.25) is 0 Å². The molecule has 0 saturated heterocycles. The number of hydrogen-bond donors (Lipinski definition) is 1. The molecule has 1 N–H and O–H groups in total. The molecule has 0 heterocycles. The van der Waals surface area contributed by atoms with Gasteiger partial charge >= 0.3 is 0 Å². The zero-order valence-corrected chi connectivity index (χ0v) is 8.60. The summed E-state index contributed by atoms with van der Waals surface area (Å²) >= 11 is 6.00. The third-order valence-corrected chi connectivity index (χ3v) is 2.35. The molecule has 0 aliphatic rings. The molecule has 0 aliphatic heterocycles. The van der Waals surface area contributed by atoms with E-state index in [2.05, 4.69) is 6.92 Å². The highest BCUT2D eigenvalue weighted by Crippen LogP contribution is 2.29. The normalized spacial score (nSPS) is 11.8. The van der Waals surface area contributed by atoms with E-state index in [1.807, 2.05) is 13.0 Å². The van der Waals surface area contributed by atoms with Crippen LogP contribution < -0.4 is 0 Å². The van der Waals surface area contributed by atoms with Crippen molar-refractivity contribution in [2.75, 3.05) is 0 Å². The van der Waals surface area contributed by atoms with Crippen LogP contribution in [0.3, 0.4) is 0 Å². The Morgan fingerprint density at radius 2 is 2.23 bits per heavy atom. The van der Waals surface area contributed by atoms with Gasteiger partial charge in [-0.2, -0.15) is 0 Å². The highest BCUT2D eigenvalue weighted by atomic mass is 35.5. The van der Waals surface area contributed by atoms with E-state index in [0.717, 1.165) is 17.6 Å². The first-order chi connectivity index (χ1) is 6.19. The first-order valence-corrected chi connectivity index (χ1v) is 4.71. The average molecular weight is 197 g/mol. The quantitative estimate of drug-likeness (QED) is 0.762. The second-order valence-electron chi connectivity index (χ2n) is 2.83. The van der Waals surface area contributed by atoms with Gasteiger partial charge in [0.25, 0.3) is 0 Å². The summed E-state index contributed by atoms with van der Waals surface area (Å²) in [7, 11) is 0. The van der Waals surface area contributed by atoms with Crippen LogP contribution in [0.15, 0.2) is 24.3 Å². The van der Waals surface area contributed by atoms with Crippen LogP contribution in [-0.4, -0.2) is 5.11 Å². The van der Waals surface area contributed by atoms with Crippen molar-refractivity contribution >= 4 is 17.2 Å². The Morgan fingerprint density at radius 3 is 2.77 bits per heavy atom. The summed E-state index contributed by atoms with van der Waals surface area (Å²) in [6.07, 6.45) is 2.93. The molecule has 1 rings (SSSR count). The summed E-state index contributed by atoms with van der Waals surface area (Å²) in [4.78, 5) is 0. The summed E-state index contributed by atoms with van der Waals surface area (Å²) in [5.74, 6) is 0.257. The van der Waals surface area contributed by atoms with Crippen molar-refractivity contribution in [2.24, 2.45) is 0 Å². The number of rotatable bonds is 2. The molecule has 0 saturated carbocycles. The lowest BCUT2D eigenvalue weighted by Crippen LogP contribution is -1.83. The number of benzene rings is 1. The Hall–Kier alpha value is -0.950. The fourth-order valence-electron chi connectivity index (χ4n) is 1.31. The summed E-state index contributed by atoms with van der Waals surface area (Å²) in [6, 6.07) is 5.00. The summed E-state index contributed by atoms with van der Waals surface area (Å²) in [5.41, 5.74) is 2.08. The van der Waals surface area contributed by atoms with Gasteiger partial charge in [-0.1, -0.05) is 24.6 Å². The Bertz CT molecular complexity index is 329. The molecule has 1 aromatic carbocycles.